The number of hydrogen-bond donors (Lipinski definition) is 2. The minimum absolute atomic E-state index is 0. The zero-order chi connectivity index (χ0) is 17.8. The summed E-state index contributed by atoms with van der Waals surface area (Å²) in [5.41, 5.74) is 12.8. The second-order valence-corrected chi connectivity index (χ2v) is 6.95. The Bertz CT molecular complexity index is 606. The lowest BCUT2D eigenvalue weighted by Crippen LogP contribution is -2.52. The molecular formula is C18H31ClN6O. The fourth-order valence-corrected chi connectivity index (χ4v) is 3.77. The van der Waals surface area contributed by atoms with Gasteiger partial charge < -0.3 is 26.0 Å². The van der Waals surface area contributed by atoms with Crippen molar-refractivity contribution in [3.05, 3.63) is 18.2 Å². The maximum atomic E-state index is 5.48. The lowest BCUT2D eigenvalue weighted by atomic mass is 10.0. The minimum atomic E-state index is 0. The molecule has 26 heavy (non-hydrogen) atoms. The highest BCUT2D eigenvalue weighted by Gasteiger charge is 2.27. The standard InChI is InChI=1S/C18H30N6O.ClH/c1-22-9-11-24(12-10-22)14-5-7-23(8-6-14)15-3-4-16(21-18(19)20)17(13-15)25-2;/h3-4,13-14H,5-12H2,1-2H3,(H4,19,20,21);1H. The lowest BCUT2D eigenvalue weighted by Gasteiger charge is -2.42. The van der Waals surface area contributed by atoms with Crippen molar-refractivity contribution in [2.45, 2.75) is 18.9 Å². The number of anilines is 1. The largest absolute Gasteiger partial charge is 0.494 e. The topological polar surface area (TPSA) is 83.3 Å². The molecule has 1 aromatic carbocycles. The van der Waals surface area contributed by atoms with Crippen molar-refractivity contribution in [1.82, 2.24) is 9.80 Å². The van der Waals surface area contributed by atoms with Gasteiger partial charge >= 0.3 is 0 Å². The predicted molar refractivity (Wildman–Crippen MR) is 110 cm³/mol. The average Bonchev–Trinajstić information content (AvgIpc) is 2.62. The summed E-state index contributed by atoms with van der Waals surface area (Å²) in [5, 5.41) is 0. The molecule has 0 amide bonds. The van der Waals surface area contributed by atoms with Crippen molar-refractivity contribution >= 4 is 29.7 Å². The summed E-state index contributed by atoms with van der Waals surface area (Å²) in [7, 11) is 3.85. The van der Waals surface area contributed by atoms with Crippen LogP contribution in [0.5, 0.6) is 5.75 Å². The summed E-state index contributed by atoms with van der Waals surface area (Å²) in [6.45, 7) is 6.90. The number of halogens is 1. The zero-order valence-electron chi connectivity index (χ0n) is 15.7. The molecule has 2 heterocycles. The maximum absolute atomic E-state index is 5.48. The number of hydrogen-bond acceptors (Lipinski definition) is 5. The molecule has 4 N–H and O–H groups in total. The molecule has 0 aliphatic carbocycles. The Balaban J connectivity index is 0.00000243. The second kappa shape index (κ2) is 9.30. The molecule has 2 aliphatic rings. The van der Waals surface area contributed by atoms with Crippen molar-refractivity contribution in [3.8, 4) is 5.75 Å². The molecule has 0 radical (unpaired) electrons. The Labute approximate surface area is 162 Å². The number of guanidine groups is 1. The zero-order valence-corrected chi connectivity index (χ0v) is 16.5. The fourth-order valence-electron chi connectivity index (χ4n) is 3.77. The number of piperidine rings is 1. The lowest BCUT2D eigenvalue weighted by molar-refractivity contribution is 0.0982. The number of rotatable bonds is 4. The molecule has 7 nitrogen and oxygen atoms in total. The third-order valence-corrected chi connectivity index (χ3v) is 5.30. The van der Waals surface area contributed by atoms with Gasteiger partial charge in [0.15, 0.2) is 5.96 Å². The van der Waals surface area contributed by atoms with E-state index in [9.17, 15) is 0 Å². The summed E-state index contributed by atoms with van der Waals surface area (Å²) >= 11 is 0. The summed E-state index contributed by atoms with van der Waals surface area (Å²) < 4.78 is 5.45. The van der Waals surface area contributed by atoms with Crippen molar-refractivity contribution in [1.29, 1.82) is 0 Å². The van der Waals surface area contributed by atoms with Crippen LogP contribution in [0.25, 0.3) is 0 Å². The van der Waals surface area contributed by atoms with Crippen molar-refractivity contribution in [2.75, 3.05) is 58.3 Å². The molecule has 146 valence electrons. The van der Waals surface area contributed by atoms with Crippen molar-refractivity contribution < 1.29 is 4.74 Å². The molecule has 0 spiro atoms. The fraction of sp³-hybridized carbons (Fsp3) is 0.611. The average molecular weight is 383 g/mol. The number of nitrogens with zero attached hydrogens (tertiary/aromatic N) is 4. The maximum Gasteiger partial charge on any atom is 0.191 e. The number of methoxy groups -OCH3 is 1. The van der Waals surface area contributed by atoms with E-state index in [1.807, 2.05) is 12.1 Å². The van der Waals surface area contributed by atoms with Gasteiger partial charge in [0.05, 0.1) is 7.11 Å². The van der Waals surface area contributed by atoms with Gasteiger partial charge in [-0.3, -0.25) is 4.90 Å². The molecule has 8 heteroatoms. The van der Waals surface area contributed by atoms with Crippen LogP contribution < -0.4 is 21.1 Å². The van der Waals surface area contributed by atoms with E-state index in [4.69, 9.17) is 16.2 Å². The highest BCUT2D eigenvalue weighted by atomic mass is 35.5. The molecule has 0 atom stereocenters. The number of aliphatic imine (C=N–C) groups is 1. The molecule has 2 saturated heterocycles. The van der Waals surface area contributed by atoms with E-state index in [0.29, 0.717) is 17.5 Å². The molecule has 0 bridgehead atoms. The number of piperazine rings is 1. The minimum Gasteiger partial charge on any atom is -0.494 e. The SMILES string of the molecule is COc1cc(N2CCC(N3CCN(C)CC3)CC2)ccc1N=C(N)N.Cl. The third kappa shape index (κ3) is 4.93. The van der Waals surface area contributed by atoms with Gasteiger partial charge in [0.25, 0.3) is 0 Å². The Morgan fingerprint density at radius 1 is 1.08 bits per heavy atom. The number of ether oxygens (including phenoxy) is 1. The molecular weight excluding hydrogens is 352 g/mol. The van der Waals surface area contributed by atoms with Crippen LogP contribution in [0.2, 0.25) is 0 Å². The van der Waals surface area contributed by atoms with E-state index >= 15 is 0 Å². The van der Waals surface area contributed by atoms with Crippen LogP contribution in [0.4, 0.5) is 11.4 Å². The molecule has 2 aliphatic heterocycles. The van der Waals surface area contributed by atoms with Crippen LogP contribution in [-0.2, 0) is 0 Å². The Kier molecular flexibility index (Phi) is 7.37. The molecule has 3 rings (SSSR count). The first-order valence-electron chi connectivity index (χ1n) is 9.02. The molecule has 0 unspecified atom stereocenters. The van der Waals surface area contributed by atoms with Crippen LogP contribution in [-0.4, -0.2) is 75.2 Å². The van der Waals surface area contributed by atoms with Gasteiger partial charge in [-0.05, 0) is 32.0 Å². The first kappa shape index (κ1) is 20.6. The van der Waals surface area contributed by atoms with Crippen molar-refractivity contribution in [2.24, 2.45) is 16.5 Å². The van der Waals surface area contributed by atoms with E-state index in [0.717, 1.165) is 13.1 Å². The first-order chi connectivity index (χ1) is 12.1. The van der Waals surface area contributed by atoms with Gasteiger partial charge in [-0.15, -0.1) is 12.4 Å². The van der Waals surface area contributed by atoms with Gasteiger partial charge in [0.2, 0.25) is 0 Å². The van der Waals surface area contributed by atoms with Gasteiger partial charge in [-0.25, -0.2) is 4.99 Å². The van der Waals surface area contributed by atoms with E-state index in [1.54, 1.807) is 7.11 Å². The van der Waals surface area contributed by atoms with Crippen LogP contribution in [0.15, 0.2) is 23.2 Å². The van der Waals surface area contributed by atoms with Gasteiger partial charge in [0, 0.05) is 57.1 Å². The summed E-state index contributed by atoms with van der Waals surface area (Å²) in [5.74, 6) is 0.742. The van der Waals surface area contributed by atoms with Gasteiger partial charge in [-0.1, -0.05) is 0 Å². The second-order valence-electron chi connectivity index (χ2n) is 6.95. The van der Waals surface area contributed by atoms with Crippen LogP contribution in [0.3, 0.4) is 0 Å². The van der Waals surface area contributed by atoms with Gasteiger partial charge in [0.1, 0.15) is 11.4 Å². The first-order valence-corrected chi connectivity index (χ1v) is 9.02. The molecule has 0 saturated carbocycles. The Morgan fingerprint density at radius 3 is 2.31 bits per heavy atom. The number of benzene rings is 1. The number of nitrogens with two attached hydrogens (primary N) is 2. The van der Waals surface area contributed by atoms with E-state index in [1.165, 1.54) is 44.7 Å². The van der Waals surface area contributed by atoms with Gasteiger partial charge in [-0.2, -0.15) is 0 Å². The normalized spacial score (nSPS) is 19.7. The molecule has 1 aromatic rings. The van der Waals surface area contributed by atoms with Crippen LogP contribution >= 0.6 is 12.4 Å². The van der Waals surface area contributed by atoms with Crippen molar-refractivity contribution in [3.63, 3.8) is 0 Å². The van der Waals surface area contributed by atoms with E-state index in [-0.39, 0.29) is 18.4 Å². The summed E-state index contributed by atoms with van der Waals surface area (Å²) in [4.78, 5) is 11.6. The predicted octanol–water partition coefficient (Wildman–Crippen LogP) is 1.24. The summed E-state index contributed by atoms with van der Waals surface area (Å²) in [6, 6.07) is 6.73. The monoisotopic (exact) mass is 382 g/mol. The Morgan fingerprint density at radius 2 is 1.73 bits per heavy atom. The Hall–Kier alpha value is -1.70. The van der Waals surface area contributed by atoms with E-state index in [2.05, 4.69) is 32.8 Å². The highest BCUT2D eigenvalue weighted by molar-refractivity contribution is 5.85. The molecule has 2 fully saturated rings. The summed E-state index contributed by atoms with van der Waals surface area (Å²) in [6.07, 6.45) is 2.42. The highest BCUT2D eigenvalue weighted by Crippen LogP contribution is 2.33. The van der Waals surface area contributed by atoms with Crippen LogP contribution in [0.1, 0.15) is 12.8 Å². The quantitative estimate of drug-likeness (QED) is 0.602. The number of likely N-dealkylation sites (N-methyl/N-ethyl adjacent to an activating group) is 1. The van der Waals surface area contributed by atoms with E-state index < -0.39 is 0 Å². The van der Waals surface area contributed by atoms with Crippen LogP contribution in [0, 0.1) is 0 Å². The molecule has 0 aromatic heterocycles. The smallest absolute Gasteiger partial charge is 0.191 e. The third-order valence-electron chi connectivity index (χ3n) is 5.30.